The van der Waals surface area contributed by atoms with Gasteiger partial charge in [-0.15, -0.1) is 0 Å². The molecule has 0 saturated heterocycles. The molecule has 1 aromatic carbocycles. The van der Waals surface area contributed by atoms with Gasteiger partial charge in [0.05, 0.1) is 6.21 Å². The fourth-order valence-corrected chi connectivity index (χ4v) is 1.80. The second kappa shape index (κ2) is 7.75. The molecule has 0 bridgehead atoms. The molecular weight excluding hydrogens is 262 g/mol. The summed E-state index contributed by atoms with van der Waals surface area (Å²) in [5, 5.41) is 3.96. The van der Waals surface area contributed by atoms with E-state index < -0.39 is 0 Å². The van der Waals surface area contributed by atoms with E-state index in [1.165, 1.54) is 0 Å². The average Bonchev–Trinajstić information content (AvgIpc) is 2.49. The lowest BCUT2D eigenvalue weighted by Crippen LogP contribution is -2.40. The normalized spacial score (nSPS) is 11.6. The van der Waals surface area contributed by atoms with Gasteiger partial charge in [-0.25, -0.2) is 5.43 Å². The summed E-state index contributed by atoms with van der Waals surface area (Å²) in [5.74, 6) is -0.157. The summed E-state index contributed by atoms with van der Waals surface area (Å²) in [5.41, 5.74) is 4.59. The van der Waals surface area contributed by atoms with Crippen molar-refractivity contribution < 1.29 is 9.36 Å². The first-order valence-corrected chi connectivity index (χ1v) is 6.73. The van der Waals surface area contributed by atoms with Crippen LogP contribution < -0.4 is 9.99 Å². The minimum Gasteiger partial charge on any atom is -0.266 e. The van der Waals surface area contributed by atoms with E-state index in [4.69, 9.17) is 0 Å². The minimum absolute atomic E-state index is 0.157. The number of hydrazone groups is 1. The summed E-state index contributed by atoms with van der Waals surface area (Å²) in [7, 11) is 0. The molecule has 2 aromatic rings. The van der Waals surface area contributed by atoms with Crippen LogP contribution in [0.1, 0.15) is 12.5 Å². The molecule has 0 aliphatic rings. The molecule has 4 nitrogen and oxygen atoms in total. The maximum atomic E-state index is 11.7. The average molecular weight is 280 g/mol. The highest BCUT2D eigenvalue weighted by Gasteiger charge is 2.06. The van der Waals surface area contributed by atoms with Crippen LogP contribution in [-0.2, 0) is 11.3 Å². The van der Waals surface area contributed by atoms with E-state index in [1.807, 2.05) is 73.9 Å². The van der Waals surface area contributed by atoms with Crippen molar-refractivity contribution in [3.05, 3.63) is 72.1 Å². The molecule has 1 heterocycles. The van der Waals surface area contributed by atoms with E-state index in [0.29, 0.717) is 0 Å². The first-order valence-electron chi connectivity index (χ1n) is 6.73. The van der Waals surface area contributed by atoms with Crippen molar-refractivity contribution in [1.29, 1.82) is 0 Å². The van der Waals surface area contributed by atoms with Crippen molar-refractivity contribution in [2.75, 3.05) is 0 Å². The molecule has 0 fully saturated rings. The monoisotopic (exact) mass is 280 g/mol. The molecule has 0 aliphatic carbocycles. The number of hydrogen-bond donors (Lipinski definition) is 1. The van der Waals surface area contributed by atoms with Crippen molar-refractivity contribution in [2.24, 2.45) is 5.10 Å². The molecule has 21 heavy (non-hydrogen) atoms. The van der Waals surface area contributed by atoms with Gasteiger partial charge in [0.2, 0.25) is 6.54 Å². The van der Waals surface area contributed by atoms with Crippen LogP contribution in [0.2, 0.25) is 0 Å². The van der Waals surface area contributed by atoms with Crippen LogP contribution in [0.5, 0.6) is 0 Å². The van der Waals surface area contributed by atoms with Crippen LogP contribution in [0.4, 0.5) is 0 Å². The summed E-state index contributed by atoms with van der Waals surface area (Å²) in [4.78, 5) is 11.7. The van der Waals surface area contributed by atoms with Crippen molar-refractivity contribution in [3.8, 4) is 0 Å². The quantitative estimate of drug-likeness (QED) is 0.509. The Balaban J connectivity index is 1.84. The van der Waals surface area contributed by atoms with Crippen LogP contribution >= 0.6 is 0 Å². The number of amides is 1. The zero-order valence-electron chi connectivity index (χ0n) is 11.9. The molecule has 106 valence electrons. The molecule has 0 unspecified atom stereocenters. The molecule has 0 spiro atoms. The minimum atomic E-state index is -0.157. The molecule has 0 aliphatic heterocycles. The third kappa shape index (κ3) is 5.40. The zero-order chi connectivity index (χ0) is 14.9. The Morgan fingerprint density at radius 1 is 1.14 bits per heavy atom. The Morgan fingerprint density at radius 2 is 1.81 bits per heavy atom. The standard InChI is InChI=1S/C17H17N3O/c1-15(12-16-8-4-2-5-9-16)13-18-19-17(21)14-20-10-6-3-7-11-20/h2-13H,14H2,1H3/p+1. The number of carbonyl (C=O) groups excluding carboxylic acids is 1. The van der Waals surface area contributed by atoms with Gasteiger partial charge in [0.25, 0.3) is 0 Å². The van der Waals surface area contributed by atoms with Crippen LogP contribution in [-0.4, -0.2) is 12.1 Å². The third-order valence-electron chi connectivity index (χ3n) is 2.75. The Labute approximate surface area is 124 Å². The maximum Gasteiger partial charge on any atom is 0.305 e. The summed E-state index contributed by atoms with van der Waals surface area (Å²) >= 11 is 0. The summed E-state index contributed by atoms with van der Waals surface area (Å²) in [6, 6.07) is 15.6. The number of nitrogens with one attached hydrogen (secondary N) is 1. The second-order valence-electron chi connectivity index (χ2n) is 4.64. The Bertz CT molecular complexity index is 634. The molecule has 1 amide bonds. The predicted octanol–water partition coefficient (Wildman–Crippen LogP) is 2.18. The number of pyridine rings is 1. The number of hydrogen-bond acceptors (Lipinski definition) is 2. The van der Waals surface area contributed by atoms with E-state index in [1.54, 1.807) is 10.8 Å². The van der Waals surface area contributed by atoms with Crippen LogP contribution in [0, 0.1) is 0 Å². The molecule has 0 saturated carbocycles. The Kier molecular flexibility index (Phi) is 5.41. The van der Waals surface area contributed by atoms with Crippen molar-refractivity contribution in [1.82, 2.24) is 5.43 Å². The summed E-state index contributed by atoms with van der Waals surface area (Å²) in [6.45, 7) is 2.19. The number of aromatic nitrogens is 1. The number of allylic oxidation sites excluding steroid dienone is 1. The number of rotatable bonds is 5. The Morgan fingerprint density at radius 3 is 2.52 bits per heavy atom. The van der Waals surface area contributed by atoms with Crippen molar-refractivity contribution in [2.45, 2.75) is 13.5 Å². The fraction of sp³-hybridized carbons (Fsp3) is 0.118. The van der Waals surface area contributed by atoms with Gasteiger partial charge in [-0.05, 0) is 18.1 Å². The lowest BCUT2D eigenvalue weighted by Gasteiger charge is -1.97. The van der Waals surface area contributed by atoms with E-state index in [-0.39, 0.29) is 12.5 Å². The van der Waals surface area contributed by atoms with Gasteiger partial charge in [-0.2, -0.15) is 9.67 Å². The highest BCUT2D eigenvalue weighted by molar-refractivity contribution is 5.85. The fourth-order valence-electron chi connectivity index (χ4n) is 1.80. The maximum absolute atomic E-state index is 11.7. The number of nitrogens with zero attached hydrogens (tertiary/aromatic N) is 2. The number of benzene rings is 1. The van der Waals surface area contributed by atoms with Gasteiger partial charge < -0.3 is 0 Å². The van der Waals surface area contributed by atoms with Crippen molar-refractivity contribution in [3.63, 3.8) is 0 Å². The molecular formula is C17H18N3O+. The van der Waals surface area contributed by atoms with Crippen LogP contribution in [0.15, 0.2) is 71.6 Å². The first kappa shape index (κ1) is 14.7. The van der Waals surface area contributed by atoms with E-state index in [9.17, 15) is 4.79 Å². The van der Waals surface area contributed by atoms with Gasteiger partial charge in [-0.3, -0.25) is 4.79 Å². The molecule has 2 rings (SSSR count). The lowest BCUT2D eigenvalue weighted by molar-refractivity contribution is -0.684. The molecule has 0 atom stereocenters. The van der Waals surface area contributed by atoms with Gasteiger partial charge in [0.1, 0.15) is 0 Å². The van der Waals surface area contributed by atoms with Gasteiger partial charge in [0, 0.05) is 12.1 Å². The molecule has 0 radical (unpaired) electrons. The van der Waals surface area contributed by atoms with E-state index in [0.717, 1.165) is 11.1 Å². The topological polar surface area (TPSA) is 45.3 Å². The van der Waals surface area contributed by atoms with Crippen LogP contribution in [0.3, 0.4) is 0 Å². The summed E-state index contributed by atoms with van der Waals surface area (Å²) < 4.78 is 1.79. The van der Waals surface area contributed by atoms with Gasteiger partial charge >= 0.3 is 5.91 Å². The predicted molar refractivity (Wildman–Crippen MR) is 83.4 cm³/mol. The second-order valence-corrected chi connectivity index (χ2v) is 4.64. The lowest BCUT2D eigenvalue weighted by atomic mass is 10.1. The summed E-state index contributed by atoms with van der Waals surface area (Å²) in [6.07, 6.45) is 7.32. The third-order valence-corrected chi connectivity index (χ3v) is 2.75. The van der Waals surface area contributed by atoms with E-state index >= 15 is 0 Å². The largest absolute Gasteiger partial charge is 0.305 e. The molecule has 4 heteroatoms. The van der Waals surface area contributed by atoms with Crippen molar-refractivity contribution >= 4 is 18.2 Å². The van der Waals surface area contributed by atoms with Gasteiger partial charge in [-0.1, -0.05) is 42.5 Å². The number of carbonyl (C=O) groups is 1. The Hall–Kier alpha value is -2.75. The van der Waals surface area contributed by atoms with E-state index in [2.05, 4.69) is 10.5 Å². The smallest absolute Gasteiger partial charge is 0.266 e. The first-order chi connectivity index (χ1) is 10.2. The highest BCUT2D eigenvalue weighted by atomic mass is 16.2. The SMILES string of the molecule is CC(C=NNC(=O)C[n+]1ccccc1)=Cc1ccccc1. The molecule has 1 N–H and O–H groups in total. The van der Waals surface area contributed by atoms with Gasteiger partial charge in [0.15, 0.2) is 12.4 Å². The van der Waals surface area contributed by atoms with Crippen LogP contribution in [0.25, 0.3) is 6.08 Å². The highest BCUT2D eigenvalue weighted by Crippen LogP contribution is 2.04. The zero-order valence-corrected chi connectivity index (χ0v) is 11.9. The molecule has 1 aromatic heterocycles.